The second kappa shape index (κ2) is 10.2. The minimum Gasteiger partial charge on any atom is -0.469 e. The van der Waals surface area contributed by atoms with Gasteiger partial charge >= 0.3 is 5.97 Å². The summed E-state index contributed by atoms with van der Waals surface area (Å²) in [5.41, 5.74) is 0. The van der Waals surface area contributed by atoms with Crippen molar-refractivity contribution < 1.29 is 19.1 Å². The van der Waals surface area contributed by atoms with Crippen molar-refractivity contribution in [2.45, 2.75) is 51.0 Å². The molecule has 1 aromatic rings. The van der Waals surface area contributed by atoms with Crippen LogP contribution >= 0.6 is 11.3 Å². The van der Waals surface area contributed by atoms with Crippen LogP contribution in [0, 0.1) is 0 Å². The first kappa shape index (κ1) is 19.4. The van der Waals surface area contributed by atoms with Gasteiger partial charge in [-0.3, -0.25) is 14.4 Å². The molecule has 1 atom stereocenters. The van der Waals surface area contributed by atoms with Crippen LogP contribution in [0.2, 0.25) is 0 Å². The van der Waals surface area contributed by atoms with Gasteiger partial charge in [0.25, 0.3) is 5.91 Å². The maximum Gasteiger partial charge on any atom is 0.305 e. The lowest BCUT2D eigenvalue weighted by molar-refractivity contribution is -0.140. The molecule has 0 bridgehead atoms. The molecule has 2 amide bonds. The van der Waals surface area contributed by atoms with Crippen LogP contribution in [0.5, 0.6) is 0 Å². The fourth-order valence-electron chi connectivity index (χ4n) is 2.99. The van der Waals surface area contributed by atoms with E-state index in [1.165, 1.54) is 18.4 Å². The molecule has 2 rings (SSSR count). The Morgan fingerprint density at radius 1 is 1.28 bits per heavy atom. The Balaban J connectivity index is 1.76. The normalized spacial score (nSPS) is 17.2. The molecule has 1 aliphatic rings. The van der Waals surface area contributed by atoms with Crippen LogP contribution in [0.4, 0.5) is 0 Å². The van der Waals surface area contributed by atoms with Crippen molar-refractivity contribution >= 4 is 29.1 Å². The molecule has 1 fully saturated rings. The van der Waals surface area contributed by atoms with Gasteiger partial charge in [-0.1, -0.05) is 12.5 Å². The van der Waals surface area contributed by atoms with Crippen LogP contribution in [0.15, 0.2) is 17.5 Å². The Morgan fingerprint density at radius 2 is 2.12 bits per heavy atom. The third kappa shape index (κ3) is 5.85. The summed E-state index contributed by atoms with van der Waals surface area (Å²) >= 11 is 1.41. The zero-order valence-electron chi connectivity index (χ0n) is 14.7. The highest BCUT2D eigenvalue weighted by molar-refractivity contribution is 7.12. The molecule has 7 heteroatoms. The Morgan fingerprint density at radius 3 is 2.84 bits per heavy atom. The Hall–Kier alpha value is -1.89. The Bertz CT molecular complexity index is 574. The van der Waals surface area contributed by atoms with Crippen LogP contribution in [0.25, 0.3) is 0 Å². The molecule has 138 valence electrons. The predicted octanol–water partition coefficient (Wildman–Crippen LogP) is 2.59. The van der Waals surface area contributed by atoms with E-state index in [2.05, 4.69) is 10.1 Å². The molecule has 1 aromatic heterocycles. The highest BCUT2D eigenvalue weighted by Crippen LogP contribution is 2.21. The molecule has 1 aliphatic heterocycles. The molecule has 0 aliphatic carbocycles. The number of thiophene rings is 1. The fourth-order valence-corrected chi connectivity index (χ4v) is 3.67. The minimum absolute atomic E-state index is 0.0482. The van der Waals surface area contributed by atoms with E-state index in [0.29, 0.717) is 30.8 Å². The van der Waals surface area contributed by atoms with E-state index in [4.69, 9.17) is 0 Å². The molecule has 1 saturated heterocycles. The molecule has 2 heterocycles. The van der Waals surface area contributed by atoms with Gasteiger partial charge in [0.1, 0.15) is 6.04 Å². The van der Waals surface area contributed by atoms with Gasteiger partial charge in [-0.2, -0.15) is 0 Å². The van der Waals surface area contributed by atoms with Crippen molar-refractivity contribution in [2.24, 2.45) is 0 Å². The third-order valence-electron chi connectivity index (χ3n) is 4.38. The summed E-state index contributed by atoms with van der Waals surface area (Å²) in [6, 6.07) is 3.28. The molecular weight excluding hydrogens is 340 g/mol. The van der Waals surface area contributed by atoms with Crippen molar-refractivity contribution in [1.82, 2.24) is 10.2 Å². The van der Waals surface area contributed by atoms with Gasteiger partial charge < -0.3 is 15.0 Å². The van der Waals surface area contributed by atoms with Crippen LogP contribution in [-0.2, 0) is 14.3 Å². The smallest absolute Gasteiger partial charge is 0.305 e. The van der Waals surface area contributed by atoms with Gasteiger partial charge in [0, 0.05) is 19.5 Å². The summed E-state index contributed by atoms with van der Waals surface area (Å²) in [6.45, 7) is 1.20. The maximum absolute atomic E-state index is 12.6. The molecule has 1 unspecified atom stereocenters. The lowest BCUT2D eigenvalue weighted by atomic mass is 10.0. The molecule has 0 saturated carbocycles. The summed E-state index contributed by atoms with van der Waals surface area (Å²) in [7, 11) is 1.38. The van der Waals surface area contributed by atoms with E-state index in [1.807, 2.05) is 11.4 Å². The summed E-state index contributed by atoms with van der Waals surface area (Å²) < 4.78 is 4.59. The predicted molar refractivity (Wildman–Crippen MR) is 96.5 cm³/mol. The van der Waals surface area contributed by atoms with Gasteiger partial charge in [0.05, 0.1) is 12.0 Å². The average molecular weight is 366 g/mol. The first-order chi connectivity index (χ1) is 12.1. The van der Waals surface area contributed by atoms with E-state index < -0.39 is 0 Å². The number of carbonyl (C=O) groups is 3. The largest absolute Gasteiger partial charge is 0.469 e. The van der Waals surface area contributed by atoms with Crippen molar-refractivity contribution in [3.63, 3.8) is 0 Å². The van der Waals surface area contributed by atoms with Crippen molar-refractivity contribution in [3.8, 4) is 0 Å². The second-order valence-corrected chi connectivity index (χ2v) is 7.11. The first-order valence-electron chi connectivity index (χ1n) is 8.82. The zero-order chi connectivity index (χ0) is 18.1. The summed E-state index contributed by atoms with van der Waals surface area (Å²) in [5, 5.41) is 4.81. The number of hydrogen-bond acceptors (Lipinski definition) is 5. The number of esters is 1. The highest BCUT2D eigenvalue weighted by Gasteiger charge is 2.32. The number of likely N-dealkylation sites (tertiary alicyclic amines) is 1. The molecule has 1 N–H and O–H groups in total. The number of piperidine rings is 1. The number of methoxy groups -OCH3 is 1. The molecule has 25 heavy (non-hydrogen) atoms. The van der Waals surface area contributed by atoms with E-state index in [0.717, 1.165) is 32.1 Å². The molecular formula is C18H26N2O4S. The van der Waals surface area contributed by atoms with Crippen LogP contribution in [-0.4, -0.2) is 48.9 Å². The number of ether oxygens (including phenoxy) is 1. The topological polar surface area (TPSA) is 75.7 Å². The highest BCUT2D eigenvalue weighted by atomic mass is 32.1. The van der Waals surface area contributed by atoms with Gasteiger partial charge in [0.2, 0.25) is 5.91 Å². The van der Waals surface area contributed by atoms with E-state index in [1.54, 1.807) is 11.0 Å². The number of nitrogens with zero attached hydrogens (tertiary/aromatic N) is 1. The average Bonchev–Trinajstić information content (AvgIpc) is 3.18. The van der Waals surface area contributed by atoms with Crippen LogP contribution in [0.1, 0.15) is 54.6 Å². The van der Waals surface area contributed by atoms with Crippen molar-refractivity contribution in [2.75, 3.05) is 20.2 Å². The number of rotatable bonds is 8. The molecule has 0 aromatic carbocycles. The van der Waals surface area contributed by atoms with Crippen LogP contribution in [0.3, 0.4) is 0 Å². The number of unbranched alkanes of at least 4 members (excludes halogenated alkanes) is 2. The number of nitrogens with one attached hydrogen (secondary N) is 1. The minimum atomic E-state index is -0.376. The Kier molecular flexibility index (Phi) is 7.91. The standard InChI is InChI=1S/C18H26N2O4S/c1-24-16(21)10-3-2-5-11-19-17(22)14-8-4-6-12-20(14)18(23)15-9-7-13-25-15/h7,9,13-14H,2-6,8,10-12H2,1H3,(H,19,22). The monoisotopic (exact) mass is 366 g/mol. The van der Waals surface area contributed by atoms with Crippen LogP contribution < -0.4 is 5.32 Å². The Labute approximate surface area is 152 Å². The fraction of sp³-hybridized carbons (Fsp3) is 0.611. The first-order valence-corrected chi connectivity index (χ1v) is 9.70. The van der Waals surface area contributed by atoms with E-state index >= 15 is 0 Å². The maximum atomic E-state index is 12.6. The summed E-state index contributed by atoms with van der Waals surface area (Å²) in [5.74, 6) is -0.320. The van der Waals surface area contributed by atoms with E-state index in [-0.39, 0.29) is 23.8 Å². The third-order valence-corrected chi connectivity index (χ3v) is 5.24. The second-order valence-electron chi connectivity index (χ2n) is 6.17. The number of hydrogen-bond donors (Lipinski definition) is 1. The SMILES string of the molecule is COC(=O)CCCCCNC(=O)C1CCCCN1C(=O)c1cccs1. The number of carbonyl (C=O) groups excluding carboxylic acids is 3. The van der Waals surface area contributed by atoms with Gasteiger partial charge in [-0.25, -0.2) is 0 Å². The quantitative estimate of drug-likeness (QED) is 0.567. The molecule has 0 radical (unpaired) electrons. The summed E-state index contributed by atoms with van der Waals surface area (Å²) in [4.78, 5) is 38.5. The summed E-state index contributed by atoms with van der Waals surface area (Å²) in [6.07, 6.45) is 5.46. The van der Waals surface area contributed by atoms with E-state index in [9.17, 15) is 14.4 Å². The molecule has 0 spiro atoms. The lowest BCUT2D eigenvalue weighted by Crippen LogP contribution is -2.51. The van der Waals surface area contributed by atoms with Crippen molar-refractivity contribution in [3.05, 3.63) is 22.4 Å². The molecule has 6 nitrogen and oxygen atoms in total. The van der Waals surface area contributed by atoms with Gasteiger partial charge in [0.15, 0.2) is 0 Å². The lowest BCUT2D eigenvalue weighted by Gasteiger charge is -2.34. The zero-order valence-corrected chi connectivity index (χ0v) is 15.5. The van der Waals surface area contributed by atoms with Gasteiger partial charge in [-0.15, -0.1) is 11.3 Å². The number of amides is 2. The van der Waals surface area contributed by atoms with Gasteiger partial charge in [-0.05, 0) is 43.6 Å². The van der Waals surface area contributed by atoms with Crippen molar-refractivity contribution in [1.29, 1.82) is 0 Å².